The minimum atomic E-state index is 0.216. The highest BCUT2D eigenvalue weighted by atomic mass is 16.5. The summed E-state index contributed by atoms with van der Waals surface area (Å²) in [4.78, 5) is 15.9. The molecule has 0 atom stereocenters. The first kappa shape index (κ1) is 12.7. The predicted octanol–water partition coefficient (Wildman–Crippen LogP) is 3.44. The number of hydrogen-bond donors (Lipinski definition) is 1. The van der Waals surface area contributed by atoms with Crippen LogP contribution < -0.4 is 10.5 Å². The van der Waals surface area contributed by atoms with Gasteiger partial charge in [0.05, 0.1) is 6.20 Å². The summed E-state index contributed by atoms with van der Waals surface area (Å²) in [6, 6.07) is 10.7. The first-order chi connectivity index (χ1) is 9.70. The summed E-state index contributed by atoms with van der Waals surface area (Å²) in [5.41, 5.74) is 6.26. The van der Waals surface area contributed by atoms with Gasteiger partial charge >= 0.3 is 0 Å². The number of benzene rings is 1. The summed E-state index contributed by atoms with van der Waals surface area (Å²) in [5, 5.41) is 0. The molecule has 1 saturated carbocycles. The van der Waals surface area contributed by atoms with Crippen LogP contribution >= 0.6 is 0 Å². The Balaban J connectivity index is 1.66. The Morgan fingerprint density at radius 3 is 2.45 bits per heavy atom. The van der Waals surface area contributed by atoms with Crippen molar-refractivity contribution < 1.29 is 9.53 Å². The van der Waals surface area contributed by atoms with E-state index in [4.69, 9.17) is 10.5 Å². The number of pyridine rings is 1. The van der Waals surface area contributed by atoms with E-state index < -0.39 is 0 Å². The molecule has 1 heterocycles. The van der Waals surface area contributed by atoms with Gasteiger partial charge in [0, 0.05) is 12.0 Å². The summed E-state index contributed by atoms with van der Waals surface area (Å²) in [5.74, 6) is 2.58. The second-order valence-electron chi connectivity index (χ2n) is 5.12. The zero-order chi connectivity index (χ0) is 13.9. The molecule has 1 aliphatic rings. The van der Waals surface area contributed by atoms with E-state index in [2.05, 4.69) is 4.98 Å². The van der Waals surface area contributed by atoms with Crippen LogP contribution in [0, 0.1) is 5.92 Å². The fourth-order valence-electron chi connectivity index (χ4n) is 2.00. The molecule has 1 aliphatic carbocycles. The lowest BCUT2D eigenvalue weighted by Gasteiger charge is -2.06. The minimum absolute atomic E-state index is 0.216. The highest BCUT2D eigenvalue weighted by Gasteiger charge is 2.24. The zero-order valence-electron chi connectivity index (χ0n) is 11.1. The molecule has 1 fully saturated rings. The van der Waals surface area contributed by atoms with E-state index in [0.29, 0.717) is 29.7 Å². The lowest BCUT2D eigenvalue weighted by atomic mass is 10.1. The summed E-state index contributed by atoms with van der Waals surface area (Å²) in [6.07, 6.45) is 4.62. The van der Waals surface area contributed by atoms with E-state index in [9.17, 15) is 4.79 Å². The van der Waals surface area contributed by atoms with Gasteiger partial charge in [0.25, 0.3) is 0 Å². The van der Waals surface area contributed by atoms with Gasteiger partial charge in [-0.1, -0.05) is 0 Å². The molecule has 20 heavy (non-hydrogen) atoms. The number of nitrogen functional groups attached to an aromatic ring is 1. The molecular formula is C16H16N2O2. The Kier molecular flexibility index (Phi) is 3.37. The van der Waals surface area contributed by atoms with Crippen molar-refractivity contribution in [1.29, 1.82) is 0 Å². The largest absolute Gasteiger partial charge is 0.456 e. The van der Waals surface area contributed by atoms with Gasteiger partial charge in [0.2, 0.25) is 0 Å². The summed E-state index contributed by atoms with van der Waals surface area (Å²) in [6.45, 7) is 0. The summed E-state index contributed by atoms with van der Waals surface area (Å²) in [7, 11) is 0. The molecule has 1 aromatic carbocycles. The standard InChI is InChI=1S/C16H16N2O2/c17-16-8-7-14(10-18-16)20-13-5-3-12(4-6-13)15(19)9-11-1-2-11/h3-8,10-11H,1-2,9H2,(H2,17,18). The lowest BCUT2D eigenvalue weighted by Crippen LogP contribution is -1.99. The number of Topliss-reactive ketones (excluding diaryl/α,β-unsaturated/α-hetero) is 1. The van der Waals surface area contributed by atoms with E-state index in [1.54, 1.807) is 30.5 Å². The molecule has 2 aromatic rings. The molecule has 0 saturated heterocycles. The number of hydrogen-bond acceptors (Lipinski definition) is 4. The molecule has 4 heteroatoms. The van der Waals surface area contributed by atoms with E-state index in [1.807, 2.05) is 12.1 Å². The van der Waals surface area contributed by atoms with E-state index >= 15 is 0 Å². The number of rotatable bonds is 5. The van der Waals surface area contributed by atoms with Crippen molar-refractivity contribution in [3.8, 4) is 11.5 Å². The Bertz CT molecular complexity index is 601. The zero-order valence-corrected chi connectivity index (χ0v) is 11.1. The Morgan fingerprint density at radius 2 is 1.85 bits per heavy atom. The van der Waals surface area contributed by atoms with Crippen molar-refractivity contribution in [2.24, 2.45) is 5.92 Å². The second kappa shape index (κ2) is 5.33. The number of carbonyl (C=O) groups is 1. The van der Waals surface area contributed by atoms with E-state index in [-0.39, 0.29) is 5.78 Å². The first-order valence-corrected chi connectivity index (χ1v) is 6.73. The minimum Gasteiger partial charge on any atom is -0.456 e. The van der Waals surface area contributed by atoms with Crippen LogP contribution in [-0.4, -0.2) is 10.8 Å². The predicted molar refractivity (Wildman–Crippen MR) is 76.8 cm³/mol. The van der Waals surface area contributed by atoms with Crippen molar-refractivity contribution in [3.05, 3.63) is 48.2 Å². The highest BCUT2D eigenvalue weighted by Crippen LogP contribution is 2.33. The van der Waals surface area contributed by atoms with Gasteiger partial charge in [0.1, 0.15) is 17.3 Å². The molecule has 0 aliphatic heterocycles. The number of anilines is 1. The second-order valence-corrected chi connectivity index (χ2v) is 5.12. The third-order valence-electron chi connectivity index (χ3n) is 3.34. The van der Waals surface area contributed by atoms with E-state index in [0.717, 1.165) is 5.56 Å². The monoisotopic (exact) mass is 268 g/mol. The van der Waals surface area contributed by atoms with Crippen LogP contribution in [0.5, 0.6) is 11.5 Å². The van der Waals surface area contributed by atoms with Crippen molar-refractivity contribution in [2.45, 2.75) is 19.3 Å². The van der Waals surface area contributed by atoms with Crippen LogP contribution in [0.15, 0.2) is 42.6 Å². The number of carbonyl (C=O) groups excluding carboxylic acids is 1. The average molecular weight is 268 g/mol. The van der Waals surface area contributed by atoms with E-state index in [1.165, 1.54) is 12.8 Å². The normalized spacial score (nSPS) is 14.0. The van der Waals surface area contributed by atoms with Crippen LogP contribution in [0.2, 0.25) is 0 Å². The highest BCUT2D eigenvalue weighted by molar-refractivity contribution is 5.96. The molecule has 3 rings (SSSR count). The van der Waals surface area contributed by atoms with Crippen LogP contribution in [0.3, 0.4) is 0 Å². The Morgan fingerprint density at radius 1 is 1.15 bits per heavy atom. The number of ketones is 1. The fraction of sp³-hybridized carbons (Fsp3) is 0.250. The summed E-state index contributed by atoms with van der Waals surface area (Å²) >= 11 is 0. The van der Waals surface area contributed by atoms with Gasteiger partial charge in [0.15, 0.2) is 5.78 Å². The van der Waals surface area contributed by atoms with Gasteiger partial charge in [-0.15, -0.1) is 0 Å². The van der Waals surface area contributed by atoms with Gasteiger partial charge in [-0.3, -0.25) is 4.79 Å². The van der Waals surface area contributed by atoms with Gasteiger partial charge in [-0.2, -0.15) is 0 Å². The number of ether oxygens (including phenoxy) is 1. The summed E-state index contributed by atoms with van der Waals surface area (Å²) < 4.78 is 5.63. The number of nitrogens with zero attached hydrogens (tertiary/aromatic N) is 1. The molecule has 4 nitrogen and oxygen atoms in total. The molecule has 0 bridgehead atoms. The number of aromatic nitrogens is 1. The average Bonchev–Trinajstić information content (AvgIpc) is 3.26. The maximum Gasteiger partial charge on any atom is 0.163 e. The topological polar surface area (TPSA) is 65.2 Å². The third kappa shape index (κ3) is 3.15. The maximum atomic E-state index is 11.9. The van der Waals surface area contributed by atoms with Crippen LogP contribution in [-0.2, 0) is 0 Å². The number of nitrogens with two attached hydrogens (primary N) is 1. The lowest BCUT2D eigenvalue weighted by molar-refractivity contribution is 0.0976. The van der Waals surface area contributed by atoms with Crippen LogP contribution in [0.1, 0.15) is 29.6 Å². The molecule has 0 unspecified atom stereocenters. The molecule has 102 valence electrons. The molecule has 0 radical (unpaired) electrons. The Labute approximate surface area is 117 Å². The molecular weight excluding hydrogens is 252 g/mol. The smallest absolute Gasteiger partial charge is 0.163 e. The van der Waals surface area contributed by atoms with Crippen LogP contribution in [0.4, 0.5) is 5.82 Å². The van der Waals surface area contributed by atoms with Crippen molar-refractivity contribution in [3.63, 3.8) is 0 Å². The molecule has 1 aromatic heterocycles. The molecule has 2 N–H and O–H groups in total. The van der Waals surface area contributed by atoms with Crippen molar-refractivity contribution in [2.75, 3.05) is 5.73 Å². The fourth-order valence-corrected chi connectivity index (χ4v) is 2.00. The molecule has 0 amide bonds. The third-order valence-corrected chi connectivity index (χ3v) is 3.34. The van der Waals surface area contributed by atoms with Gasteiger partial charge < -0.3 is 10.5 Å². The van der Waals surface area contributed by atoms with Crippen molar-refractivity contribution >= 4 is 11.6 Å². The van der Waals surface area contributed by atoms with Gasteiger partial charge in [-0.25, -0.2) is 4.98 Å². The SMILES string of the molecule is Nc1ccc(Oc2ccc(C(=O)CC3CC3)cc2)cn1. The van der Waals surface area contributed by atoms with Crippen LogP contribution in [0.25, 0.3) is 0 Å². The first-order valence-electron chi connectivity index (χ1n) is 6.73. The van der Waals surface area contributed by atoms with Crippen molar-refractivity contribution in [1.82, 2.24) is 4.98 Å². The quantitative estimate of drug-likeness (QED) is 0.843. The maximum absolute atomic E-state index is 11.9. The molecule has 0 spiro atoms. The Hall–Kier alpha value is -2.36. The van der Waals surface area contributed by atoms with Gasteiger partial charge in [-0.05, 0) is 55.2 Å².